The molecule has 0 aliphatic carbocycles. The second-order valence-corrected chi connectivity index (χ2v) is 4.89. The first-order chi connectivity index (χ1) is 4.77. The zero-order valence-corrected chi connectivity index (χ0v) is 8.28. The Kier molecular flexibility index (Phi) is 2.99. The molecule has 0 rings (SSSR count). The predicted octanol–water partition coefficient (Wildman–Crippen LogP) is 2.38. The summed E-state index contributed by atoms with van der Waals surface area (Å²) in [4.78, 5) is 0. The van der Waals surface area contributed by atoms with Crippen LogP contribution in [0.25, 0.3) is 0 Å². The van der Waals surface area contributed by atoms with Crippen molar-refractivity contribution in [1.29, 1.82) is 0 Å². The Labute approximate surface area is 70.6 Å². The van der Waals surface area contributed by atoms with E-state index in [2.05, 4.69) is 46.0 Å². The average Bonchev–Trinajstić information content (AvgIpc) is 1.55. The van der Waals surface area contributed by atoms with Crippen LogP contribution in [0.15, 0.2) is 0 Å². The summed E-state index contributed by atoms with van der Waals surface area (Å²) in [6.07, 6.45) is 6.25. The molecule has 0 aliphatic heterocycles. The Morgan fingerprint density at radius 3 is 1.91 bits per heavy atom. The number of rotatable bonds is 2. The maximum Gasteiger partial charge on any atom is 0.0398 e. The van der Waals surface area contributed by atoms with Crippen LogP contribution in [0, 0.1) is 17.9 Å². The fourth-order valence-electron chi connectivity index (χ4n) is 1.57. The van der Waals surface area contributed by atoms with E-state index in [0.29, 0.717) is 5.41 Å². The van der Waals surface area contributed by atoms with Gasteiger partial charge >= 0.3 is 0 Å². The Balaban J connectivity index is 4.04. The molecule has 0 saturated carbocycles. The summed E-state index contributed by atoms with van der Waals surface area (Å²) in [5, 5.41) is 3.01. The Morgan fingerprint density at radius 2 is 1.64 bits per heavy atom. The van der Waals surface area contributed by atoms with Crippen molar-refractivity contribution in [2.45, 2.75) is 46.6 Å². The van der Waals surface area contributed by atoms with Crippen molar-refractivity contribution in [2.75, 3.05) is 0 Å². The first-order valence-corrected chi connectivity index (χ1v) is 4.00. The monoisotopic (exact) mass is 153 g/mol. The Hall–Kier alpha value is -0.640. The van der Waals surface area contributed by atoms with E-state index in [1.165, 1.54) is 0 Å². The van der Waals surface area contributed by atoms with Crippen molar-refractivity contribution in [2.24, 2.45) is 5.41 Å². The smallest absolute Gasteiger partial charge is 0.0398 e. The van der Waals surface area contributed by atoms with E-state index in [4.69, 9.17) is 6.42 Å². The highest BCUT2D eigenvalue weighted by Gasteiger charge is 2.23. The van der Waals surface area contributed by atoms with Crippen LogP contribution < -0.4 is 5.32 Å². The van der Waals surface area contributed by atoms with E-state index < -0.39 is 0 Å². The molecule has 0 aromatic carbocycles. The van der Waals surface area contributed by atoms with Crippen LogP contribution >= 0.6 is 0 Å². The van der Waals surface area contributed by atoms with Gasteiger partial charge in [-0.3, -0.25) is 0 Å². The first kappa shape index (κ1) is 10.4. The molecule has 0 bridgehead atoms. The summed E-state index contributed by atoms with van der Waals surface area (Å²) in [6, 6.07) is 2.48. The molecule has 0 atom stereocenters. The fourth-order valence-corrected chi connectivity index (χ4v) is 1.57. The van der Waals surface area contributed by atoms with Crippen molar-refractivity contribution in [3.05, 3.63) is 0 Å². The van der Waals surface area contributed by atoms with Crippen LogP contribution in [0.5, 0.6) is 0 Å². The maximum atomic E-state index is 5.17. The van der Waals surface area contributed by atoms with Gasteiger partial charge in [0.15, 0.2) is 0 Å². The molecule has 0 spiro atoms. The number of hydrogen-bond acceptors (Lipinski definition) is 1. The molecule has 0 unspecified atom stereocenters. The van der Waals surface area contributed by atoms with Crippen molar-refractivity contribution in [1.82, 2.24) is 5.32 Å². The van der Waals surface area contributed by atoms with E-state index >= 15 is 0 Å². The largest absolute Gasteiger partial charge is 0.341 e. The lowest BCUT2D eigenvalue weighted by Gasteiger charge is -2.31. The maximum absolute atomic E-state index is 5.17. The van der Waals surface area contributed by atoms with Crippen molar-refractivity contribution < 1.29 is 0 Å². The summed E-state index contributed by atoms with van der Waals surface area (Å²) in [5.41, 5.74) is 0.375. The molecular weight excluding hydrogens is 134 g/mol. The van der Waals surface area contributed by atoms with E-state index in [1.807, 2.05) is 0 Å². The number of hydrogen-bond donors (Lipinski definition) is 1. The van der Waals surface area contributed by atoms with Gasteiger partial charge in [-0.1, -0.05) is 27.2 Å². The van der Waals surface area contributed by atoms with Gasteiger partial charge in [0.05, 0.1) is 0 Å². The minimum Gasteiger partial charge on any atom is -0.341 e. The SMILES string of the molecule is C#CNC(C)(C)CC(C)(C)C. The molecule has 0 aromatic heterocycles. The third kappa shape index (κ3) is 5.79. The standard InChI is InChI=1S/C10H19N/c1-7-11-10(5,6)8-9(2,3)4/h1,11H,8H2,2-6H3. The van der Waals surface area contributed by atoms with Crippen LogP contribution in [-0.2, 0) is 0 Å². The molecule has 0 aliphatic rings. The molecule has 1 nitrogen and oxygen atoms in total. The predicted molar refractivity (Wildman–Crippen MR) is 50.1 cm³/mol. The molecule has 0 fully saturated rings. The zero-order chi connectivity index (χ0) is 9.12. The van der Waals surface area contributed by atoms with Crippen LogP contribution in [-0.4, -0.2) is 5.54 Å². The molecule has 0 aromatic rings. The zero-order valence-electron chi connectivity index (χ0n) is 8.28. The van der Waals surface area contributed by atoms with Crippen LogP contribution in [0.2, 0.25) is 0 Å². The van der Waals surface area contributed by atoms with Gasteiger partial charge in [-0.25, -0.2) is 0 Å². The van der Waals surface area contributed by atoms with Gasteiger partial charge in [0.1, 0.15) is 0 Å². The van der Waals surface area contributed by atoms with Gasteiger partial charge in [-0.05, 0) is 25.7 Å². The van der Waals surface area contributed by atoms with Gasteiger partial charge in [0.2, 0.25) is 0 Å². The highest BCUT2D eigenvalue weighted by Crippen LogP contribution is 2.26. The Bertz CT molecular complexity index is 155. The summed E-state index contributed by atoms with van der Waals surface area (Å²) < 4.78 is 0. The van der Waals surface area contributed by atoms with Crippen molar-refractivity contribution in [3.63, 3.8) is 0 Å². The third-order valence-electron chi connectivity index (χ3n) is 1.38. The molecule has 1 heteroatoms. The van der Waals surface area contributed by atoms with E-state index in [-0.39, 0.29) is 5.54 Å². The van der Waals surface area contributed by atoms with Crippen LogP contribution in [0.1, 0.15) is 41.0 Å². The fraction of sp³-hybridized carbons (Fsp3) is 0.800. The third-order valence-corrected chi connectivity index (χ3v) is 1.38. The lowest BCUT2D eigenvalue weighted by atomic mass is 9.82. The topological polar surface area (TPSA) is 12.0 Å². The molecule has 0 heterocycles. The quantitative estimate of drug-likeness (QED) is 0.474. The molecule has 1 N–H and O–H groups in total. The second-order valence-electron chi connectivity index (χ2n) is 4.89. The van der Waals surface area contributed by atoms with Gasteiger partial charge < -0.3 is 5.32 Å². The minimum atomic E-state index is 0.0486. The summed E-state index contributed by atoms with van der Waals surface area (Å²) >= 11 is 0. The highest BCUT2D eigenvalue weighted by atomic mass is 14.9. The van der Waals surface area contributed by atoms with Gasteiger partial charge in [-0.15, -0.1) is 0 Å². The molecular formula is C10H19N. The van der Waals surface area contributed by atoms with Crippen molar-refractivity contribution >= 4 is 0 Å². The number of nitrogens with one attached hydrogen (secondary N) is 1. The highest BCUT2D eigenvalue weighted by molar-refractivity contribution is 4.93. The van der Waals surface area contributed by atoms with Crippen LogP contribution in [0.4, 0.5) is 0 Å². The van der Waals surface area contributed by atoms with Crippen LogP contribution in [0.3, 0.4) is 0 Å². The van der Waals surface area contributed by atoms with E-state index in [0.717, 1.165) is 6.42 Å². The molecule has 0 saturated heterocycles. The molecule has 11 heavy (non-hydrogen) atoms. The normalized spacial score (nSPS) is 12.4. The second kappa shape index (κ2) is 3.17. The average molecular weight is 153 g/mol. The summed E-state index contributed by atoms with van der Waals surface area (Å²) in [7, 11) is 0. The number of terminal acetylenes is 1. The van der Waals surface area contributed by atoms with Crippen molar-refractivity contribution in [3.8, 4) is 12.5 Å². The summed E-state index contributed by atoms with van der Waals surface area (Å²) in [6.45, 7) is 10.9. The minimum absolute atomic E-state index is 0.0486. The lowest BCUT2D eigenvalue weighted by molar-refractivity contribution is 0.264. The lowest BCUT2D eigenvalue weighted by Crippen LogP contribution is -2.39. The van der Waals surface area contributed by atoms with Gasteiger partial charge in [-0.2, -0.15) is 0 Å². The molecule has 0 amide bonds. The van der Waals surface area contributed by atoms with Gasteiger partial charge in [0, 0.05) is 11.6 Å². The van der Waals surface area contributed by atoms with E-state index in [1.54, 1.807) is 0 Å². The summed E-state index contributed by atoms with van der Waals surface area (Å²) in [5.74, 6) is 0. The first-order valence-electron chi connectivity index (χ1n) is 4.00. The van der Waals surface area contributed by atoms with Gasteiger partial charge in [0.25, 0.3) is 0 Å². The van der Waals surface area contributed by atoms with E-state index in [9.17, 15) is 0 Å². The molecule has 64 valence electrons. The molecule has 0 radical (unpaired) electrons. The Morgan fingerprint density at radius 1 is 1.18 bits per heavy atom.